The Hall–Kier alpha value is -3.43. The Morgan fingerprint density at radius 1 is 1.13 bits per heavy atom. The van der Waals surface area contributed by atoms with Crippen LogP contribution in [0.3, 0.4) is 0 Å². The lowest BCUT2D eigenvalue weighted by Crippen LogP contribution is -2.43. The third kappa shape index (κ3) is 4.43. The summed E-state index contributed by atoms with van der Waals surface area (Å²) in [6.45, 7) is 0. The lowest BCUT2D eigenvalue weighted by atomic mass is 9.62. The number of fused-ring (bicyclic) bond motifs is 4. The van der Waals surface area contributed by atoms with E-state index >= 15 is 0 Å². The van der Waals surface area contributed by atoms with Gasteiger partial charge in [-0.3, -0.25) is 14.2 Å². The van der Waals surface area contributed by atoms with Gasteiger partial charge in [-0.2, -0.15) is 0 Å². The normalized spacial score (nSPS) is 15.5. The maximum atomic E-state index is 14.6. The molecule has 7 nitrogen and oxygen atoms in total. The van der Waals surface area contributed by atoms with Crippen LogP contribution in [0.1, 0.15) is 43.2 Å². The maximum Gasteiger partial charge on any atom is 0.263 e. The van der Waals surface area contributed by atoms with E-state index < -0.39 is 0 Å². The molecular weight excluding hydrogens is 516 g/mol. The highest BCUT2D eigenvalue weighted by molar-refractivity contribution is 7.99. The number of hydrogen-bond acceptors (Lipinski definition) is 7. The zero-order valence-corrected chi connectivity index (χ0v) is 22.7. The van der Waals surface area contributed by atoms with E-state index in [1.54, 1.807) is 17.9 Å². The minimum Gasteiger partial charge on any atom is -0.495 e. The van der Waals surface area contributed by atoms with Crippen LogP contribution < -0.4 is 15.6 Å². The van der Waals surface area contributed by atoms with Crippen LogP contribution in [0, 0.1) is 0 Å². The van der Waals surface area contributed by atoms with Crippen molar-refractivity contribution in [2.24, 2.45) is 0 Å². The molecule has 0 radical (unpaired) electrons. The van der Waals surface area contributed by atoms with E-state index in [0.29, 0.717) is 21.7 Å². The fourth-order valence-electron chi connectivity index (χ4n) is 5.88. The highest BCUT2D eigenvalue weighted by Gasteiger charge is 2.43. The number of para-hydroxylation sites is 2. The van der Waals surface area contributed by atoms with Gasteiger partial charge in [-0.15, -0.1) is 11.3 Å². The van der Waals surface area contributed by atoms with Gasteiger partial charge in [0.15, 0.2) is 10.3 Å². The topological polar surface area (TPSA) is 86.1 Å². The molecule has 2 aromatic carbocycles. The minimum atomic E-state index is -0.235. The van der Waals surface area contributed by atoms with Crippen LogP contribution in [-0.4, -0.2) is 33.3 Å². The minimum absolute atomic E-state index is 0.0706. The summed E-state index contributed by atoms with van der Waals surface area (Å²) in [6.07, 6.45) is 7.83. The van der Waals surface area contributed by atoms with E-state index in [0.717, 1.165) is 48.9 Å². The molecule has 2 aliphatic carbocycles. The summed E-state index contributed by atoms with van der Waals surface area (Å²) in [5.41, 5.74) is 4.13. The average Bonchev–Trinajstić information content (AvgIpc) is 3.45. The molecule has 4 aromatic rings. The molecule has 1 N–H and O–H groups in total. The molecule has 1 spiro atoms. The van der Waals surface area contributed by atoms with Gasteiger partial charge in [-0.05, 0) is 37.0 Å². The number of benzene rings is 2. The first-order chi connectivity index (χ1) is 18.6. The van der Waals surface area contributed by atoms with Crippen molar-refractivity contribution in [2.75, 3.05) is 18.2 Å². The number of aromatic nitrogens is 3. The Kier molecular flexibility index (Phi) is 6.80. The molecule has 0 aliphatic heterocycles. The number of methoxy groups -OCH3 is 1. The van der Waals surface area contributed by atoms with Crippen molar-refractivity contribution in [2.45, 2.75) is 49.1 Å². The summed E-state index contributed by atoms with van der Waals surface area (Å²) >= 11 is 2.61. The van der Waals surface area contributed by atoms with Gasteiger partial charge in [-0.1, -0.05) is 67.4 Å². The van der Waals surface area contributed by atoms with Gasteiger partial charge >= 0.3 is 0 Å². The molecule has 1 amide bonds. The molecule has 9 heteroatoms. The molecule has 6 rings (SSSR count). The third-order valence-corrected chi connectivity index (χ3v) is 9.16. The van der Waals surface area contributed by atoms with Crippen LogP contribution in [0.15, 0.2) is 70.1 Å². The summed E-state index contributed by atoms with van der Waals surface area (Å²) in [7, 11) is 1.60. The molecule has 0 unspecified atom stereocenters. The average molecular weight is 545 g/mol. The molecule has 194 valence electrons. The van der Waals surface area contributed by atoms with Crippen LogP contribution in [0.25, 0.3) is 16.9 Å². The second-order valence-electron chi connectivity index (χ2n) is 9.78. The molecular formula is C29H28N4O3S2. The molecule has 2 aliphatic rings. The number of ether oxygens (including phenoxy) is 1. The zero-order valence-electron chi connectivity index (χ0n) is 21.1. The number of amides is 1. The molecule has 1 fully saturated rings. The van der Waals surface area contributed by atoms with E-state index in [1.165, 1.54) is 35.1 Å². The van der Waals surface area contributed by atoms with Crippen molar-refractivity contribution in [3.8, 4) is 22.7 Å². The van der Waals surface area contributed by atoms with Crippen molar-refractivity contribution in [1.29, 1.82) is 0 Å². The number of carbonyl (C=O) groups excluding carboxylic acids is 1. The predicted molar refractivity (Wildman–Crippen MR) is 152 cm³/mol. The molecule has 1 saturated carbocycles. The summed E-state index contributed by atoms with van der Waals surface area (Å²) in [5.74, 6) is 0.471. The van der Waals surface area contributed by atoms with Crippen molar-refractivity contribution in [3.05, 3.63) is 81.6 Å². The van der Waals surface area contributed by atoms with Crippen LogP contribution in [0.4, 0.5) is 5.13 Å². The van der Waals surface area contributed by atoms with E-state index in [4.69, 9.17) is 9.72 Å². The van der Waals surface area contributed by atoms with Crippen LogP contribution in [-0.2, 0) is 16.6 Å². The second kappa shape index (κ2) is 10.4. The van der Waals surface area contributed by atoms with Crippen molar-refractivity contribution < 1.29 is 9.53 Å². The highest BCUT2D eigenvalue weighted by atomic mass is 32.2. The van der Waals surface area contributed by atoms with Crippen molar-refractivity contribution >= 4 is 34.1 Å². The van der Waals surface area contributed by atoms with E-state index in [1.807, 2.05) is 35.7 Å². The van der Waals surface area contributed by atoms with Gasteiger partial charge in [0.2, 0.25) is 5.91 Å². The SMILES string of the molecule is COc1ccccc1-n1c(SCC(=O)Nc2nccs2)nc2c(c1=O)C1(CCCCC1)Cc1ccccc1-2. The lowest BCUT2D eigenvalue weighted by Gasteiger charge is -2.42. The Balaban J connectivity index is 1.53. The van der Waals surface area contributed by atoms with Crippen LogP contribution in [0.5, 0.6) is 5.75 Å². The van der Waals surface area contributed by atoms with E-state index in [-0.39, 0.29) is 22.6 Å². The summed E-state index contributed by atoms with van der Waals surface area (Å²) in [5, 5.41) is 5.65. The first-order valence-corrected chi connectivity index (χ1v) is 14.7. The Morgan fingerprint density at radius 3 is 2.71 bits per heavy atom. The standard InChI is InChI=1S/C29H28N4O3S2/c1-36-22-12-6-5-11-21(22)33-26(35)24-25(32-28(33)38-18-23(34)31-27-30-15-16-37-27)20-10-4-3-9-19(20)17-29(24)13-7-2-8-14-29/h3-6,9-12,15-16H,2,7-8,13-14,17-18H2,1H3,(H,30,31,34). The van der Waals surface area contributed by atoms with E-state index in [2.05, 4.69) is 28.5 Å². The molecule has 38 heavy (non-hydrogen) atoms. The monoisotopic (exact) mass is 544 g/mol. The fraction of sp³-hybridized carbons (Fsp3) is 0.310. The summed E-state index contributed by atoms with van der Waals surface area (Å²) in [6, 6.07) is 15.8. The first kappa shape index (κ1) is 24.9. The van der Waals surface area contributed by atoms with Gasteiger partial charge in [0.1, 0.15) is 5.75 Å². The predicted octanol–water partition coefficient (Wildman–Crippen LogP) is 5.85. The van der Waals surface area contributed by atoms with Gasteiger partial charge in [0.05, 0.1) is 29.8 Å². The smallest absolute Gasteiger partial charge is 0.263 e. The molecule has 2 heterocycles. The van der Waals surface area contributed by atoms with Gasteiger partial charge in [-0.25, -0.2) is 9.97 Å². The van der Waals surface area contributed by atoms with Gasteiger partial charge in [0, 0.05) is 22.6 Å². The van der Waals surface area contributed by atoms with Crippen LogP contribution in [0.2, 0.25) is 0 Å². The van der Waals surface area contributed by atoms with Gasteiger partial charge in [0.25, 0.3) is 5.56 Å². The number of carbonyl (C=O) groups is 1. The number of nitrogens with zero attached hydrogens (tertiary/aromatic N) is 3. The van der Waals surface area contributed by atoms with Crippen molar-refractivity contribution in [3.63, 3.8) is 0 Å². The summed E-state index contributed by atoms with van der Waals surface area (Å²) < 4.78 is 7.32. The Labute approximate surface area is 229 Å². The number of thioether (sulfide) groups is 1. The first-order valence-electron chi connectivity index (χ1n) is 12.8. The number of hydrogen-bond donors (Lipinski definition) is 1. The largest absolute Gasteiger partial charge is 0.495 e. The van der Waals surface area contributed by atoms with Crippen LogP contribution >= 0.6 is 23.1 Å². The van der Waals surface area contributed by atoms with Crippen molar-refractivity contribution in [1.82, 2.24) is 14.5 Å². The third-order valence-electron chi connectivity index (χ3n) is 7.53. The maximum absolute atomic E-state index is 14.6. The molecule has 0 bridgehead atoms. The number of nitrogens with one attached hydrogen (secondary N) is 1. The number of anilines is 1. The lowest BCUT2D eigenvalue weighted by molar-refractivity contribution is -0.113. The Bertz CT molecular complexity index is 1540. The number of thiazole rings is 1. The summed E-state index contributed by atoms with van der Waals surface area (Å²) in [4.78, 5) is 36.7. The molecule has 0 atom stereocenters. The zero-order chi connectivity index (χ0) is 26.1. The number of rotatable bonds is 6. The highest BCUT2D eigenvalue weighted by Crippen LogP contribution is 2.49. The molecule has 0 saturated heterocycles. The van der Waals surface area contributed by atoms with Gasteiger partial charge < -0.3 is 10.1 Å². The Morgan fingerprint density at radius 2 is 1.92 bits per heavy atom. The fourth-order valence-corrected chi connectivity index (χ4v) is 7.23. The molecule has 2 aromatic heterocycles. The van der Waals surface area contributed by atoms with E-state index in [9.17, 15) is 9.59 Å². The second-order valence-corrected chi connectivity index (χ2v) is 11.6. The quantitative estimate of drug-likeness (QED) is 0.242.